The van der Waals surface area contributed by atoms with E-state index in [-0.39, 0.29) is 18.1 Å². The predicted molar refractivity (Wildman–Crippen MR) is 78.0 cm³/mol. The first-order valence-corrected chi connectivity index (χ1v) is 7.77. The Bertz CT molecular complexity index is 269. The maximum Gasteiger partial charge on any atom is 0.237 e. The summed E-state index contributed by atoms with van der Waals surface area (Å²) in [6.07, 6.45) is 6.12. The van der Waals surface area contributed by atoms with Crippen molar-refractivity contribution in [2.45, 2.75) is 77.5 Å². The van der Waals surface area contributed by atoms with Gasteiger partial charge in [0.05, 0.1) is 12.1 Å². The number of amides is 1. The quantitative estimate of drug-likeness (QED) is 0.663. The van der Waals surface area contributed by atoms with Crippen LogP contribution in [0.1, 0.15) is 59.3 Å². The molecule has 1 amide bonds. The second kappa shape index (κ2) is 8.54. The molecule has 0 radical (unpaired) electrons. The molecule has 0 aromatic rings. The number of rotatable bonds is 8. The molecule has 0 bridgehead atoms. The number of aliphatic hydroxyl groups excluding tert-OH is 1. The van der Waals surface area contributed by atoms with Crippen molar-refractivity contribution in [3.05, 3.63) is 0 Å². The van der Waals surface area contributed by atoms with E-state index >= 15 is 0 Å². The molecule has 1 aliphatic rings. The Hall–Kier alpha value is -0.610. The van der Waals surface area contributed by atoms with Crippen LogP contribution >= 0.6 is 0 Å². The maximum absolute atomic E-state index is 12.1. The molecule has 3 atom stereocenters. The smallest absolute Gasteiger partial charge is 0.237 e. The van der Waals surface area contributed by atoms with Crippen molar-refractivity contribution in [3.8, 4) is 0 Å². The van der Waals surface area contributed by atoms with Gasteiger partial charge in [-0.25, -0.2) is 0 Å². The lowest BCUT2D eigenvalue weighted by atomic mass is 10.1. The summed E-state index contributed by atoms with van der Waals surface area (Å²) in [4.78, 5) is 14.4. The van der Waals surface area contributed by atoms with Crippen LogP contribution in [0.15, 0.2) is 0 Å². The number of carbonyl (C=O) groups excluding carboxylic acids is 1. The molecule has 2 N–H and O–H groups in total. The lowest BCUT2D eigenvalue weighted by Crippen LogP contribution is -2.48. The molecule has 4 heteroatoms. The first-order chi connectivity index (χ1) is 9.06. The normalized spacial score (nSPS) is 23.3. The van der Waals surface area contributed by atoms with Gasteiger partial charge in [0, 0.05) is 12.6 Å². The number of unbranched alkanes of at least 4 members (excludes halogenated alkanes) is 2. The van der Waals surface area contributed by atoms with E-state index in [4.69, 9.17) is 0 Å². The SMILES string of the molecule is CCCCCNC(=O)C(C)N1CCCC1CC(C)O. The average molecular weight is 270 g/mol. The molecule has 0 saturated carbocycles. The molecule has 1 heterocycles. The lowest BCUT2D eigenvalue weighted by Gasteiger charge is -2.30. The first kappa shape index (κ1) is 16.4. The fraction of sp³-hybridized carbons (Fsp3) is 0.933. The van der Waals surface area contributed by atoms with E-state index in [0.29, 0.717) is 6.04 Å². The Morgan fingerprint density at radius 1 is 1.42 bits per heavy atom. The van der Waals surface area contributed by atoms with Gasteiger partial charge in [-0.05, 0) is 46.1 Å². The molecule has 1 aliphatic heterocycles. The van der Waals surface area contributed by atoms with Crippen LogP contribution in [0, 0.1) is 0 Å². The number of carbonyl (C=O) groups is 1. The number of hydrogen-bond donors (Lipinski definition) is 2. The zero-order valence-corrected chi connectivity index (χ0v) is 12.7. The predicted octanol–water partition coefficient (Wildman–Crippen LogP) is 1.92. The summed E-state index contributed by atoms with van der Waals surface area (Å²) in [5, 5.41) is 12.5. The molecule has 1 fully saturated rings. The van der Waals surface area contributed by atoms with Gasteiger partial charge in [-0.2, -0.15) is 0 Å². The number of nitrogens with zero attached hydrogens (tertiary/aromatic N) is 1. The Morgan fingerprint density at radius 2 is 2.16 bits per heavy atom. The van der Waals surface area contributed by atoms with Crippen molar-refractivity contribution in [1.29, 1.82) is 0 Å². The summed E-state index contributed by atoms with van der Waals surface area (Å²) >= 11 is 0. The Balaban J connectivity index is 2.37. The molecule has 0 aromatic carbocycles. The average Bonchev–Trinajstić information content (AvgIpc) is 2.80. The van der Waals surface area contributed by atoms with Crippen LogP contribution in [-0.2, 0) is 4.79 Å². The van der Waals surface area contributed by atoms with Gasteiger partial charge >= 0.3 is 0 Å². The van der Waals surface area contributed by atoms with Crippen LogP contribution in [0.3, 0.4) is 0 Å². The van der Waals surface area contributed by atoms with E-state index in [1.807, 2.05) is 13.8 Å². The fourth-order valence-corrected chi connectivity index (χ4v) is 2.90. The maximum atomic E-state index is 12.1. The molecule has 3 unspecified atom stereocenters. The molecular formula is C15H30N2O2. The van der Waals surface area contributed by atoms with Crippen molar-refractivity contribution in [2.75, 3.05) is 13.1 Å². The van der Waals surface area contributed by atoms with Crippen LogP contribution in [-0.4, -0.2) is 47.2 Å². The highest BCUT2D eigenvalue weighted by atomic mass is 16.3. The lowest BCUT2D eigenvalue weighted by molar-refractivity contribution is -0.126. The highest BCUT2D eigenvalue weighted by molar-refractivity contribution is 5.81. The van der Waals surface area contributed by atoms with Gasteiger partial charge in [-0.3, -0.25) is 9.69 Å². The van der Waals surface area contributed by atoms with Gasteiger partial charge < -0.3 is 10.4 Å². The Kier molecular flexibility index (Phi) is 7.39. The molecular weight excluding hydrogens is 240 g/mol. The van der Waals surface area contributed by atoms with Crippen LogP contribution in [0.2, 0.25) is 0 Å². The number of aliphatic hydroxyl groups is 1. The van der Waals surface area contributed by atoms with E-state index in [2.05, 4.69) is 17.1 Å². The van der Waals surface area contributed by atoms with Gasteiger partial charge in [-0.15, -0.1) is 0 Å². The van der Waals surface area contributed by atoms with Crippen molar-refractivity contribution >= 4 is 5.91 Å². The zero-order chi connectivity index (χ0) is 14.3. The van der Waals surface area contributed by atoms with Crippen molar-refractivity contribution < 1.29 is 9.90 Å². The minimum absolute atomic E-state index is 0.0760. The molecule has 1 saturated heterocycles. The van der Waals surface area contributed by atoms with E-state index in [1.54, 1.807) is 0 Å². The topological polar surface area (TPSA) is 52.6 Å². The summed E-state index contributed by atoms with van der Waals surface area (Å²) in [5.41, 5.74) is 0. The summed E-state index contributed by atoms with van der Waals surface area (Å²) < 4.78 is 0. The molecule has 1 rings (SSSR count). The third kappa shape index (κ3) is 5.49. The zero-order valence-electron chi connectivity index (χ0n) is 12.7. The molecule has 0 aliphatic carbocycles. The van der Waals surface area contributed by atoms with Crippen LogP contribution in [0.4, 0.5) is 0 Å². The third-order valence-electron chi connectivity index (χ3n) is 3.99. The van der Waals surface area contributed by atoms with Gasteiger partial charge in [0.2, 0.25) is 5.91 Å². The monoisotopic (exact) mass is 270 g/mol. The summed E-state index contributed by atoms with van der Waals surface area (Å²) in [5.74, 6) is 0.133. The second-order valence-corrected chi connectivity index (χ2v) is 5.79. The highest BCUT2D eigenvalue weighted by Gasteiger charge is 2.32. The minimum Gasteiger partial charge on any atom is -0.393 e. The summed E-state index contributed by atoms with van der Waals surface area (Å²) in [7, 11) is 0. The number of nitrogens with one attached hydrogen (secondary N) is 1. The van der Waals surface area contributed by atoms with Crippen molar-refractivity contribution in [1.82, 2.24) is 10.2 Å². The van der Waals surface area contributed by atoms with Gasteiger partial charge in [0.1, 0.15) is 0 Å². The van der Waals surface area contributed by atoms with Gasteiger partial charge in [-0.1, -0.05) is 19.8 Å². The molecule has 19 heavy (non-hydrogen) atoms. The highest BCUT2D eigenvalue weighted by Crippen LogP contribution is 2.23. The van der Waals surface area contributed by atoms with E-state index in [9.17, 15) is 9.90 Å². The number of likely N-dealkylation sites (tertiary alicyclic amines) is 1. The first-order valence-electron chi connectivity index (χ1n) is 7.77. The third-order valence-corrected chi connectivity index (χ3v) is 3.99. The van der Waals surface area contributed by atoms with E-state index < -0.39 is 0 Å². The largest absolute Gasteiger partial charge is 0.393 e. The molecule has 0 aromatic heterocycles. The summed E-state index contributed by atoms with van der Waals surface area (Å²) in [6.45, 7) is 7.73. The van der Waals surface area contributed by atoms with E-state index in [0.717, 1.165) is 38.8 Å². The molecule has 4 nitrogen and oxygen atoms in total. The van der Waals surface area contributed by atoms with E-state index in [1.165, 1.54) is 12.8 Å². The van der Waals surface area contributed by atoms with Crippen molar-refractivity contribution in [3.63, 3.8) is 0 Å². The minimum atomic E-state index is -0.287. The Labute approximate surface area is 117 Å². The fourth-order valence-electron chi connectivity index (χ4n) is 2.90. The van der Waals surface area contributed by atoms with Gasteiger partial charge in [0.15, 0.2) is 0 Å². The second-order valence-electron chi connectivity index (χ2n) is 5.79. The molecule has 112 valence electrons. The molecule has 0 spiro atoms. The van der Waals surface area contributed by atoms with Crippen LogP contribution < -0.4 is 5.32 Å². The van der Waals surface area contributed by atoms with Crippen LogP contribution in [0.25, 0.3) is 0 Å². The standard InChI is InChI=1S/C15H30N2O2/c1-4-5-6-9-16-15(19)13(3)17-10-7-8-14(17)11-12(2)18/h12-14,18H,4-11H2,1-3H3,(H,16,19). The van der Waals surface area contributed by atoms with Gasteiger partial charge in [0.25, 0.3) is 0 Å². The number of hydrogen-bond acceptors (Lipinski definition) is 3. The summed E-state index contributed by atoms with van der Waals surface area (Å²) in [6, 6.07) is 0.282. The Morgan fingerprint density at radius 3 is 2.79 bits per heavy atom. The van der Waals surface area contributed by atoms with Crippen LogP contribution in [0.5, 0.6) is 0 Å². The van der Waals surface area contributed by atoms with Crippen molar-refractivity contribution in [2.24, 2.45) is 0 Å².